The number of nitrogens with zero attached hydrogens (tertiary/aromatic N) is 5. The zero-order chi connectivity index (χ0) is 15.4. The molecule has 1 N–H and O–H groups in total. The Labute approximate surface area is 134 Å². The van der Waals surface area contributed by atoms with Crippen LogP contribution >= 0.6 is 11.8 Å². The Morgan fingerprint density at radius 2 is 2.41 bits per heavy atom. The molecule has 0 spiro atoms. The molecule has 1 aromatic rings. The third-order valence-corrected chi connectivity index (χ3v) is 5.36. The van der Waals surface area contributed by atoms with Crippen molar-refractivity contribution in [3.8, 4) is 6.07 Å². The van der Waals surface area contributed by atoms with Crippen molar-refractivity contribution >= 4 is 17.7 Å². The van der Waals surface area contributed by atoms with Crippen molar-refractivity contribution in [3.63, 3.8) is 0 Å². The van der Waals surface area contributed by atoms with Gasteiger partial charge in [-0.1, -0.05) is 0 Å². The lowest BCUT2D eigenvalue weighted by atomic mass is 10.1. The molecule has 8 heteroatoms. The predicted octanol–water partition coefficient (Wildman–Crippen LogP) is 0.461. The van der Waals surface area contributed by atoms with E-state index in [4.69, 9.17) is 5.26 Å². The lowest BCUT2D eigenvalue weighted by Gasteiger charge is -2.20. The van der Waals surface area contributed by atoms with E-state index in [2.05, 4.69) is 21.5 Å². The average molecular weight is 320 g/mol. The van der Waals surface area contributed by atoms with E-state index in [1.54, 1.807) is 29.3 Å². The largest absolute Gasteiger partial charge is 0.315 e. The zero-order valence-corrected chi connectivity index (χ0v) is 13.2. The van der Waals surface area contributed by atoms with Gasteiger partial charge in [-0.05, 0) is 25.2 Å². The first-order chi connectivity index (χ1) is 10.8. The molecule has 1 aliphatic carbocycles. The van der Waals surface area contributed by atoms with Gasteiger partial charge in [-0.15, -0.1) is 11.8 Å². The first-order valence-corrected chi connectivity index (χ1v) is 8.74. The van der Waals surface area contributed by atoms with Crippen molar-refractivity contribution in [1.82, 2.24) is 25.0 Å². The molecule has 0 aromatic carbocycles. The van der Waals surface area contributed by atoms with Gasteiger partial charge in [0, 0.05) is 18.3 Å². The molecule has 0 radical (unpaired) electrons. The molecule has 1 aliphatic heterocycles. The molecule has 0 bridgehead atoms. The highest BCUT2D eigenvalue weighted by atomic mass is 32.2. The van der Waals surface area contributed by atoms with Crippen LogP contribution < -0.4 is 5.32 Å². The van der Waals surface area contributed by atoms with E-state index in [-0.39, 0.29) is 11.9 Å². The van der Waals surface area contributed by atoms with Gasteiger partial charge in [0.2, 0.25) is 5.91 Å². The molecule has 22 heavy (non-hydrogen) atoms. The normalized spacial score (nSPS) is 28.0. The van der Waals surface area contributed by atoms with E-state index in [9.17, 15) is 4.79 Å². The second-order valence-corrected chi connectivity index (χ2v) is 6.88. The lowest BCUT2D eigenvalue weighted by molar-refractivity contribution is -0.129. The second kappa shape index (κ2) is 7.11. The topological polar surface area (TPSA) is 86.8 Å². The first-order valence-electron chi connectivity index (χ1n) is 7.59. The predicted molar refractivity (Wildman–Crippen MR) is 82.7 cm³/mol. The van der Waals surface area contributed by atoms with E-state index in [1.165, 1.54) is 0 Å². The zero-order valence-electron chi connectivity index (χ0n) is 12.4. The number of nitrogens with one attached hydrogen (secondary N) is 1. The minimum absolute atomic E-state index is 0.0382. The van der Waals surface area contributed by atoms with Crippen LogP contribution in [0, 0.1) is 17.2 Å². The number of amides is 1. The fraction of sp³-hybridized carbons (Fsp3) is 0.714. The molecular formula is C14H20N6OS. The van der Waals surface area contributed by atoms with Crippen LogP contribution in [0.5, 0.6) is 0 Å². The van der Waals surface area contributed by atoms with Crippen LogP contribution in [-0.4, -0.2) is 55.8 Å². The van der Waals surface area contributed by atoms with Gasteiger partial charge in [0.1, 0.15) is 18.7 Å². The lowest BCUT2D eigenvalue weighted by Crippen LogP contribution is -2.43. The van der Waals surface area contributed by atoms with Crippen LogP contribution in [0.1, 0.15) is 19.3 Å². The average Bonchev–Trinajstić information content (AvgIpc) is 3.26. The Kier molecular flexibility index (Phi) is 4.95. The van der Waals surface area contributed by atoms with Crippen LogP contribution in [-0.2, 0) is 11.3 Å². The summed E-state index contributed by atoms with van der Waals surface area (Å²) in [5.74, 6) is 1.99. The monoisotopic (exact) mass is 320 g/mol. The molecule has 3 rings (SSSR count). The fourth-order valence-electron chi connectivity index (χ4n) is 3.15. The van der Waals surface area contributed by atoms with Gasteiger partial charge >= 0.3 is 0 Å². The number of hydrogen-bond acceptors (Lipinski definition) is 6. The summed E-state index contributed by atoms with van der Waals surface area (Å²) in [5, 5.41) is 16.5. The number of nitriles is 1. The summed E-state index contributed by atoms with van der Waals surface area (Å²) in [6.07, 6.45) is 6.60. The van der Waals surface area contributed by atoms with Gasteiger partial charge in [-0.25, -0.2) is 4.98 Å². The van der Waals surface area contributed by atoms with E-state index in [0.717, 1.165) is 31.6 Å². The SMILES string of the molecule is N#C[C@H]1CSCN1C(=O)CN[C@@H]1CC[C@H](Cn2cncn2)C1. The summed E-state index contributed by atoms with van der Waals surface area (Å²) in [7, 11) is 0. The number of rotatable bonds is 5. The summed E-state index contributed by atoms with van der Waals surface area (Å²) in [5.41, 5.74) is 0. The number of carbonyl (C=O) groups is 1. The molecule has 2 heterocycles. The van der Waals surface area contributed by atoms with Crippen molar-refractivity contribution in [2.24, 2.45) is 5.92 Å². The number of aromatic nitrogens is 3. The highest BCUT2D eigenvalue weighted by molar-refractivity contribution is 7.99. The van der Waals surface area contributed by atoms with E-state index >= 15 is 0 Å². The van der Waals surface area contributed by atoms with Crippen molar-refractivity contribution in [3.05, 3.63) is 12.7 Å². The van der Waals surface area contributed by atoms with Crippen LogP contribution in [0.4, 0.5) is 0 Å². The van der Waals surface area contributed by atoms with Crippen molar-refractivity contribution < 1.29 is 4.79 Å². The molecule has 2 aliphatic rings. The molecule has 118 valence electrons. The Hall–Kier alpha value is -1.59. The van der Waals surface area contributed by atoms with Crippen LogP contribution in [0.25, 0.3) is 0 Å². The molecule has 7 nitrogen and oxygen atoms in total. The molecule has 0 unspecified atom stereocenters. The Morgan fingerprint density at radius 1 is 1.50 bits per heavy atom. The van der Waals surface area contributed by atoms with Crippen LogP contribution in [0.3, 0.4) is 0 Å². The van der Waals surface area contributed by atoms with Gasteiger partial charge in [0.15, 0.2) is 0 Å². The van der Waals surface area contributed by atoms with Crippen molar-refractivity contribution in [2.75, 3.05) is 18.2 Å². The van der Waals surface area contributed by atoms with Gasteiger partial charge < -0.3 is 10.2 Å². The molecule has 1 aromatic heterocycles. The molecular weight excluding hydrogens is 300 g/mol. The Bertz CT molecular complexity index is 542. The molecule has 1 saturated heterocycles. The Morgan fingerprint density at radius 3 is 3.18 bits per heavy atom. The Balaban J connectivity index is 1.41. The first kappa shape index (κ1) is 15.3. The summed E-state index contributed by atoms with van der Waals surface area (Å²) >= 11 is 1.64. The standard InChI is InChI=1S/C14H20N6OS/c15-4-13-7-22-10-20(13)14(21)5-17-12-2-1-11(3-12)6-19-9-16-8-18-19/h8-9,11-13,17H,1-3,5-7,10H2/t11-,12+,13-/m0/s1. The van der Waals surface area contributed by atoms with Gasteiger partial charge in [-0.2, -0.15) is 10.4 Å². The molecule has 3 atom stereocenters. The van der Waals surface area contributed by atoms with Crippen LogP contribution in [0.15, 0.2) is 12.7 Å². The van der Waals surface area contributed by atoms with Gasteiger partial charge in [-0.3, -0.25) is 9.48 Å². The van der Waals surface area contributed by atoms with Crippen LogP contribution in [0.2, 0.25) is 0 Å². The van der Waals surface area contributed by atoms with Gasteiger partial charge in [0.25, 0.3) is 0 Å². The third kappa shape index (κ3) is 3.59. The highest BCUT2D eigenvalue weighted by Crippen LogP contribution is 2.27. The molecule has 1 amide bonds. The maximum Gasteiger partial charge on any atom is 0.238 e. The highest BCUT2D eigenvalue weighted by Gasteiger charge is 2.30. The minimum Gasteiger partial charge on any atom is -0.315 e. The number of carbonyl (C=O) groups excluding carboxylic acids is 1. The summed E-state index contributed by atoms with van der Waals surface area (Å²) in [4.78, 5) is 17.8. The quantitative estimate of drug-likeness (QED) is 0.848. The maximum atomic E-state index is 12.2. The second-order valence-electron chi connectivity index (χ2n) is 5.88. The summed E-state index contributed by atoms with van der Waals surface area (Å²) in [6.45, 7) is 1.23. The fourth-order valence-corrected chi connectivity index (χ4v) is 4.25. The molecule has 2 fully saturated rings. The molecule has 1 saturated carbocycles. The maximum absolute atomic E-state index is 12.2. The van der Waals surface area contributed by atoms with Crippen molar-refractivity contribution in [1.29, 1.82) is 5.26 Å². The summed E-state index contributed by atoms with van der Waals surface area (Å²) < 4.78 is 1.87. The van der Waals surface area contributed by atoms with Crippen molar-refractivity contribution in [2.45, 2.75) is 37.9 Å². The van der Waals surface area contributed by atoms with Gasteiger partial charge in [0.05, 0.1) is 18.5 Å². The van der Waals surface area contributed by atoms with E-state index in [0.29, 0.717) is 24.4 Å². The van der Waals surface area contributed by atoms with E-state index in [1.807, 2.05) is 4.68 Å². The van der Waals surface area contributed by atoms with E-state index < -0.39 is 0 Å². The third-order valence-electron chi connectivity index (χ3n) is 4.35. The smallest absolute Gasteiger partial charge is 0.238 e. The number of hydrogen-bond donors (Lipinski definition) is 1. The minimum atomic E-state index is -0.261. The summed E-state index contributed by atoms with van der Waals surface area (Å²) in [6, 6.07) is 2.32. The number of thioether (sulfide) groups is 1.